The molecule has 2 N–H and O–H groups in total. The molecule has 1 heterocycles. The predicted molar refractivity (Wildman–Crippen MR) is 121 cm³/mol. The average Bonchev–Trinajstić information content (AvgIpc) is 2.78. The molecule has 0 aliphatic carbocycles. The first-order valence-corrected chi connectivity index (χ1v) is 11.1. The number of likely N-dealkylation sites (tertiary alicyclic amines) is 1. The lowest BCUT2D eigenvalue weighted by Crippen LogP contribution is -2.40. The van der Waals surface area contributed by atoms with E-state index in [4.69, 9.17) is 0 Å². The topological polar surface area (TPSA) is 61.4 Å². The molecule has 0 atom stereocenters. The molecule has 1 aliphatic heterocycles. The first kappa shape index (κ1) is 22.0. The van der Waals surface area contributed by atoms with Crippen LogP contribution in [0.15, 0.2) is 54.6 Å². The number of carbonyl (C=O) groups is 2. The summed E-state index contributed by atoms with van der Waals surface area (Å²) in [7, 11) is 0. The molecule has 2 aromatic carbocycles. The zero-order valence-electron chi connectivity index (χ0n) is 17.9. The molecule has 160 valence electrons. The second kappa shape index (κ2) is 11.5. The minimum atomic E-state index is -0.0986. The van der Waals surface area contributed by atoms with Crippen molar-refractivity contribution >= 4 is 17.5 Å². The van der Waals surface area contributed by atoms with Gasteiger partial charge in [0.15, 0.2) is 0 Å². The lowest BCUT2D eigenvalue weighted by Gasteiger charge is -2.31. The highest BCUT2D eigenvalue weighted by atomic mass is 16.2. The summed E-state index contributed by atoms with van der Waals surface area (Å²) in [6.45, 7) is 5.69. The van der Waals surface area contributed by atoms with Crippen molar-refractivity contribution < 1.29 is 9.59 Å². The first-order valence-electron chi connectivity index (χ1n) is 11.1. The molecule has 0 radical (unpaired) electrons. The van der Waals surface area contributed by atoms with Crippen molar-refractivity contribution in [1.82, 2.24) is 10.2 Å². The van der Waals surface area contributed by atoms with Gasteiger partial charge in [-0.15, -0.1) is 0 Å². The average molecular weight is 408 g/mol. The quantitative estimate of drug-likeness (QED) is 0.604. The van der Waals surface area contributed by atoms with Crippen LogP contribution in [0, 0.1) is 5.92 Å². The van der Waals surface area contributed by atoms with Gasteiger partial charge in [-0.05, 0) is 62.2 Å². The molecule has 0 aromatic heterocycles. The van der Waals surface area contributed by atoms with Crippen LogP contribution in [0.2, 0.25) is 0 Å². The Balaban J connectivity index is 1.42. The van der Waals surface area contributed by atoms with Crippen LogP contribution in [0.4, 0.5) is 5.69 Å². The van der Waals surface area contributed by atoms with Crippen molar-refractivity contribution in [2.75, 3.05) is 25.0 Å². The van der Waals surface area contributed by atoms with Crippen LogP contribution in [0.25, 0.3) is 0 Å². The fourth-order valence-electron chi connectivity index (χ4n) is 3.83. The van der Waals surface area contributed by atoms with E-state index in [9.17, 15) is 9.59 Å². The van der Waals surface area contributed by atoms with Crippen molar-refractivity contribution in [3.8, 4) is 0 Å². The van der Waals surface area contributed by atoms with Gasteiger partial charge in [-0.3, -0.25) is 14.5 Å². The largest absolute Gasteiger partial charge is 0.356 e. The molecule has 5 nitrogen and oxygen atoms in total. The summed E-state index contributed by atoms with van der Waals surface area (Å²) in [4.78, 5) is 27.0. The van der Waals surface area contributed by atoms with Crippen molar-refractivity contribution in [2.45, 2.75) is 45.6 Å². The fraction of sp³-hybridized carbons (Fsp3) is 0.440. The van der Waals surface area contributed by atoms with Crippen LogP contribution in [0.1, 0.15) is 54.9 Å². The number of hydrogen-bond acceptors (Lipinski definition) is 3. The van der Waals surface area contributed by atoms with E-state index in [1.807, 2.05) is 54.6 Å². The van der Waals surface area contributed by atoms with Gasteiger partial charge in [-0.1, -0.05) is 50.1 Å². The molecule has 0 bridgehead atoms. The molecule has 0 unspecified atom stereocenters. The highest BCUT2D eigenvalue weighted by Gasteiger charge is 2.24. The second-order valence-corrected chi connectivity index (χ2v) is 8.07. The maximum atomic E-state index is 12.4. The third-order valence-electron chi connectivity index (χ3n) is 5.69. The number of nitrogens with one attached hydrogen (secondary N) is 2. The summed E-state index contributed by atoms with van der Waals surface area (Å²) in [5.41, 5.74) is 2.64. The monoisotopic (exact) mass is 407 g/mol. The molecular formula is C25H33N3O2. The SMILES string of the molecule is CCCCCNC(=O)C1CCN(Cc2ccc(C(=O)Nc3ccccc3)cc2)CC1. The molecule has 5 heteroatoms. The number of benzene rings is 2. The fourth-order valence-corrected chi connectivity index (χ4v) is 3.83. The number of rotatable bonds is 9. The molecule has 30 heavy (non-hydrogen) atoms. The summed E-state index contributed by atoms with van der Waals surface area (Å²) < 4.78 is 0. The molecule has 3 rings (SSSR count). The van der Waals surface area contributed by atoms with Gasteiger partial charge in [0, 0.05) is 30.3 Å². The molecule has 2 aromatic rings. The Kier molecular flexibility index (Phi) is 8.45. The summed E-state index contributed by atoms with van der Waals surface area (Å²) in [5.74, 6) is 0.269. The molecule has 1 saturated heterocycles. The van der Waals surface area contributed by atoms with Crippen LogP contribution in [-0.2, 0) is 11.3 Å². The van der Waals surface area contributed by atoms with Crippen molar-refractivity contribution in [1.29, 1.82) is 0 Å². The lowest BCUT2D eigenvalue weighted by atomic mass is 9.95. The van der Waals surface area contributed by atoms with Crippen LogP contribution in [0.5, 0.6) is 0 Å². The molecule has 1 fully saturated rings. The van der Waals surface area contributed by atoms with E-state index >= 15 is 0 Å². The number of para-hydroxylation sites is 1. The second-order valence-electron chi connectivity index (χ2n) is 8.07. The van der Waals surface area contributed by atoms with Crippen molar-refractivity contribution in [3.63, 3.8) is 0 Å². The Labute approximate surface area is 179 Å². The first-order chi connectivity index (χ1) is 14.7. The maximum absolute atomic E-state index is 12.4. The zero-order valence-corrected chi connectivity index (χ0v) is 17.9. The number of nitrogens with zero attached hydrogens (tertiary/aromatic N) is 1. The van der Waals surface area contributed by atoms with E-state index in [1.165, 1.54) is 18.4 Å². The van der Waals surface area contributed by atoms with E-state index in [0.29, 0.717) is 5.56 Å². The molecular weight excluding hydrogens is 374 g/mol. The zero-order chi connectivity index (χ0) is 21.2. The van der Waals surface area contributed by atoms with E-state index < -0.39 is 0 Å². The number of unbranched alkanes of at least 4 members (excludes halogenated alkanes) is 2. The summed E-state index contributed by atoms with van der Waals surface area (Å²) >= 11 is 0. The Morgan fingerprint density at radius 2 is 1.67 bits per heavy atom. The van der Waals surface area contributed by atoms with Gasteiger partial charge in [0.05, 0.1) is 0 Å². The number of amides is 2. The van der Waals surface area contributed by atoms with E-state index in [1.54, 1.807) is 0 Å². The highest BCUT2D eigenvalue weighted by Crippen LogP contribution is 2.20. The Hall–Kier alpha value is -2.66. The van der Waals surface area contributed by atoms with Crippen molar-refractivity contribution in [3.05, 3.63) is 65.7 Å². The molecule has 2 amide bonds. The van der Waals surface area contributed by atoms with Gasteiger partial charge >= 0.3 is 0 Å². The maximum Gasteiger partial charge on any atom is 0.255 e. The van der Waals surface area contributed by atoms with E-state index in [0.717, 1.165) is 51.1 Å². The third kappa shape index (κ3) is 6.70. The van der Waals surface area contributed by atoms with Gasteiger partial charge < -0.3 is 10.6 Å². The summed E-state index contributed by atoms with van der Waals surface area (Å²) in [5, 5.41) is 6.00. The Morgan fingerprint density at radius 1 is 0.967 bits per heavy atom. The van der Waals surface area contributed by atoms with Gasteiger partial charge in [0.2, 0.25) is 5.91 Å². The van der Waals surface area contributed by atoms with Crippen LogP contribution >= 0.6 is 0 Å². The summed E-state index contributed by atoms with van der Waals surface area (Å²) in [6, 6.07) is 17.3. The van der Waals surface area contributed by atoms with Crippen LogP contribution in [-0.4, -0.2) is 36.3 Å². The smallest absolute Gasteiger partial charge is 0.255 e. The molecule has 0 saturated carbocycles. The normalized spacial score (nSPS) is 15.0. The van der Waals surface area contributed by atoms with Crippen LogP contribution in [0.3, 0.4) is 0 Å². The van der Waals surface area contributed by atoms with Gasteiger partial charge in [0.1, 0.15) is 0 Å². The lowest BCUT2D eigenvalue weighted by molar-refractivity contribution is -0.126. The van der Waals surface area contributed by atoms with E-state index in [2.05, 4.69) is 22.5 Å². The van der Waals surface area contributed by atoms with Crippen molar-refractivity contribution in [2.24, 2.45) is 5.92 Å². The van der Waals surface area contributed by atoms with Gasteiger partial charge in [0.25, 0.3) is 5.91 Å². The Bertz CT molecular complexity index is 797. The predicted octanol–water partition coefficient (Wildman–Crippen LogP) is 4.46. The molecule has 0 spiro atoms. The van der Waals surface area contributed by atoms with Gasteiger partial charge in [-0.2, -0.15) is 0 Å². The van der Waals surface area contributed by atoms with Gasteiger partial charge in [-0.25, -0.2) is 0 Å². The standard InChI is InChI=1S/C25H33N3O2/c1-2-3-7-16-26-24(29)22-14-17-28(18-15-22)19-20-10-12-21(13-11-20)25(30)27-23-8-5-4-6-9-23/h4-6,8-13,22H,2-3,7,14-19H2,1H3,(H,26,29)(H,27,30). The number of carbonyl (C=O) groups excluding carboxylic acids is 2. The van der Waals surface area contributed by atoms with E-state index in [-0.39, 0.29) is 17.7 Å². The Morgan fingerprint density at radius 3 is 2.33 bits per heavy atom. The minimum absolute atomic E-state index is 0.0986. The highest BCUT2D eigenvalue weighted by molar-refractivity contribution is 6.04. The summed E-state index contributed by atoms with van der Waals surface area (Å²) in [6.07, 6.45) is 5.24. The van der Waals surface area contributed by atoms with Crippen LogP contribution < -0.4 is 10.6 Å². The molecule has 1 aliphatic rings. The number of anilines is 1. The number of piperidine rings is 1. The third-order valence-corrected chi connectivity index (χ3v) is 5.69. The number of hydrogen-bond donors (Lipinski definition) is 2. The minimum Gasteiger partial charge on any atom is -0.356 e.